The summed E-state index contributed by atoms with van der Waals surface area (Å²) in [4.78, 5) is 86.3. The van der Waals surface area contributed by atoms with Gasteiger partial charge in [0.2, 0.25) is 5.91 Å². The maximum Gasteiger partial charge on any atom is 0.380 e. The second kappa shape index (κ2) is 15.6. The highest BCUT2D eigenvalue weighted by Crippen LogP contribution is 2.37. The Hall–Kier alpha value is -4.53. The lowest BCUT2D eigenvalue weighted by atomic mass is 9.88. The molecule has 2 unspecified atom stereocenters. The minimum absolute atomic E-state index is 0.278. The molecule has 43 heavy (non-hydrogen) atoms. The third-order valence-corrected chi connectivity index (χ3v) is 5.83. The molecule has 1 aromatic rings. The molecule has 1 aromatic carbocycles. The molecule has 0 aromatic heterocycles. The van der Waals surface area contributed by atoms with E-state index in [-0.39, 0.29) is 6.61 Å². The Labute approximate surface area is 247 Å². The predicted octanol–water partition coefficient (Wildman–Crippen LogP) is 0.641. The van der Waals surface area contributed by atoms with Gasteiger partial charge in [0.25, 0.3) is 0 Å². The highest BCUT2D eigenvalue weighted by Gasteiger charge is 2.60. The fraction of sp³-hybridized carbons (Fsp3) is 0.536. The number of esters is 6. The van der Waals surface area contributed by atoms with Gasteiger partial charge in [-0.3, -0.25) is 28.8 Å². The van der Waals surface area contributed by atoms with E-state index in [0.29, 0.717) is 5.56 Å². The first kappa shape index (κ1) is 34.7. The van der Waals surface area contributed by atoms with Crippen molar-refractivity contribution in [2.75, 3.05) is 6.61 Å². The van der Waals surface area contributed by atoms with E-state index < -0.39 is 91.0 Å². The molecule has 1 aliphatic rings. The van der Waals surface area contributed by atoms with Gasteiger partial charge in [-0.25, -0.2) is 4.79 Å². The molecule has 0 saturated carbocycles. The molecule has 15 nitrogen and oxygen atoms in total. The lowest BCUT2D eigenvalue weighted by Gasteiger charge is -2.48. The molecule has 1 aliphatic heterocycles. The molecular weight excluding hydrogens is 574 g/mol. The second-order valence-corrected chi connectivity index (χ2v) is 9.59. The topological polar surface area (TPSA) is 196 Å². The summed E-state index contributed by atoms with van der Waals surface area (Å²) in [6.45, 7) is 5.36. The fourth-order valence-corrected chi connectivity index (χ4v) is 4.41. The van der Waals surface area contributed by atoms with Crippen molar-refractivity contribution in [3.05, 3.63) is 35.9 Å². The summed E-state index contributed by atoms with van der Waals surface area (Å²) < 4.78 is 38.0. The monoisotopic (exact) mass is 609 g/mol. The average molecular weight is 610 g/mol. The second-order valence-electron chi connectivity index (χ2n) is 9.59. The van der Waals surface area contributed by atoms with Gasteiger partial charge in [0.05, 0.1) is 12.5 Å². The van der Waals surface area contributed by atoms with Gasteiger partial charge in [-0.2, -0.15) is 0 Å². The largest absolute Gasteiger partial charge is 0.462 e. The van der Waals surface area contributed by atoms with Crippen molar-refractivity contribution < 1.29 is 66.7 Å². The van der Waals surface area contributed by atoms with Crippen molar-refractivity contribution in [3.63, 3.8) is 0 Å². The van der Waals surface area contributed by atoms with E-state index in [4.69, 9.17) is 33.2 Å². The first-order valence-electron chi connectivity index (χ1n) is 13.1. The minimum Gasteiger partial charge on any atom is -0.462 e. The Morgan fingerprint density at radius 1 is 0.837 bits per heavy atom. The van der Waals surface area contributed by atoms with Crippen LogP contribution < -0.4 is 5.32 Å². The Morgan fingerprint density at radius 2 is 1.47 bits per heavy atom. The van der Waals surface area contributed by atoms with Crippen molar-refractivity contribution in [3.8, 4) is 0 Å². The van der Waals surface area contributed by atoms with Gasteiger partial charge in [-0.05, 0) is 5.56 Å². The Balaban J connectivity index is 2.71. The summed E-state index contributed by atoms with van der Waals surface area (Å²) in [5, 5.41) is 2.53. The number of nitrogens with one attached hydrogen (secondary N) is 1. The molecule has 0 aliphatic carbocycles. The standard InChI is InChI=1S/C28H35NO14/c1-15(30)29-24-22(39-17(3)32)12-28(42-20(6)35,27(36)38-13-21-10-8-7-9-11-21)43-26(24)25(41-19(5)34)23(40-18(4)33)14-37-16(2)31/h7-11,22-26H,12-14H2,1-6H3,(H,29,30)/t22?,23-,24-,25-,26?,28+/m1/s1. The van der Waals surface area contributed by atoms with Gasteiger partial charge < -0.3 is 38.5 Å². The van der Waals surface area contributed by atoms with Crippen molar-refractivity contribution in [1.29, 1.82) is 0 Å². The third-order valence-electron chi connectivity index (χ3n) is 5.83. The lowest BCUT2D eigenvalue weighted by molar-refractivity contribution is -0.305. The van der Waals surface area contributed by atoms with Crippen LogP contribution in [0.2, 0.25) is 0 Å². The van der Waals surface area contributed by atoms with Crippen molar-refractivity contribution in [1.82, 2.24) is 5.32 Å². The third kappa shape index (κ3) is 10.7. The summed E-state index contributed by atoms with van der Waals surface area (Å²) in [6, 6.07) is 7.10. The molecule has 0 bridgehead atoms. The van der Waals surface area contributed by atoms with Gasteiger partial charge in [-0.1, -0.05) is 30.3 Å². The number of ether oxygens (including phenoxy) is 7. The predicted molar refractivity (Wildman–Crippen MR) is 141 cm³/mol. The van der Waals surface area contributed by atoms with Gasteiger partial charge in [0, 0.05) is 41.5 Å². The molecule has 0 spiro atoms. The summed E-state index contributed by atoms with van der Waals surface area (Å²) >= 11 is 0. The maximum absolute atomic E-state index is 13.6. The van der Waals surface area contributed by atoms with E-state index >= 15 is 0 Å². The van der Waals surface area contributed by atoms with Crippen LogP contribution in [0.15, 0.2) is 30.3 Å². The van der Waals surface area contributed by atoms with Crippen LogP contribution >= 0.6 is 0 Å². The Kier molecular flexibility index (Phi) is 12.6. The molecule has 1 heterocycles. The molecule has 1 amide bonds. The maximum atomic E-state index is 13.6. The van der Waals surface area contributed by atoms with Gasteiger partial charge in [0.1, 0.15) is 25.4 Å². The van der Waals surface area contributed by atoms with E-state index in [1.807, 2.05) is 0 Å². The number of hydrogen-bond acceptors (Lipinski definition) is 14. The van der Waals surface area contributed by atoms with Crippen LogP contribution in [-0.2, 0) is 73.3 Å². The molecule has 2 rings (SSSR count). The van der Waals surface area contributed by atoms with Crippen LogP contribution in [-0.4, -0.2) is 84.6 Å². The fourth-order valence-electron chi connectivity index (χ4n) is 4.41. The van der Waals surface area contributed by atoms with Gasteiger partial charge in [0.15, 0.2) is 12.2 Å². The number of rotatable bonds is 12. The highest BCUT2D eigenvalue weighted by atomic mass is 16.8. The Morgan fingerprint density at radius 3 is 1.98 bits per heavy atom. The number of amides is 1. The van der Waals surface area contributed by atoms with Crippen molar-refractivity contribution >= 4 is 41.7 Å². The quantitative estimate of drug-likeness (QED) is 0.256. The van der Waals surface area contributed by atoms with Crippen LogP contribution in [0.25, 0.3) is 0 Å². The highest BCUT2D eigenvalue weighted by molar-refractivity contribution is 5.82. The van der Waals surface area contributed by atoms with Gasteiger partial charge >= 0.3 is 41.6 Å². The molecule has 1 fully saturated rings. The zero-order valence-corrected chi connectivity index (χ0v) is 24.6. The minimum atomic E-state index is -2.61. The van der Waals surface area contributed by atoms with E-state index in [9.17, 15) is 33.6 Å². The summed E-state index contributed by atoms with van der Waals surface area (Å²) in [6.07, 6.45) is -7.13. The smallest absolute Gasteiger partial charge is 0.380 e. The molecule has 236 valence electrons. The average Bonchev–Trinajstić information content (AvgIpc) is 2.89. The Bertz CT molecular complexity index is 1200. The number of hydrogen-bond donors (Lipinski definition) is 1. The first-order chi connectivity index (χ1) is 20.1. The molecule has 1 saturated heterocycles. The van der Waals surface area contributed by atoms with Crippen LogP contribution in [0.1, 0.15) is 53.5 Å². The van der Waals surface area contributed by atoms with E-state index in [1.165, 1.54) is 0 Å². The number of carbonyl (C=O) groups excluding carboxylic acids is 7. The summed E-state index contributed by atoms with van der Waals surface area (Å²) in [7, 11) is 0. The molecule has 6 atom stereocenters. The van der Waals surface area contributed by atoms with Gasteiger partial charge in [-0.15, -0.1) is 0 Å². The van der Waals surface area contributed by atoms with Crippen molar-refractivity contribution in [2.45, 2.75) is 90.8 Å². The molecular formula is C28H35NO14. The zero-order valence-electron chi connectivity index (χ0n) is 24.6. The van der Waals surface area contributed by atoms with E-state index in [2.05, 4.69) is 5.32 Å². The van der Waals surface area contributed by atoms with Crippen LogP contribution in [0.4, 0.5) is 0 Å². The van der Waals surface area contributed by atoms with Crippen LogP contribution in [0.3, 0.4) is 0 Å². The SMILES string of the molecule is CC(=O)N[C@@H]1C(OC(C)=O)C[C@@](OC(C)=O)(C(=O)OCc2ccccc2)OC1[C@H](OC(C)=O)[C@@H](COC(C)=O)OC(C)=O. The zero-order chi connectivity index (χ0) is 32.3. The number of carbonyl (C=O) groups is 7. The van der Waals surface area contributed by atoms with Crippen LogP contribution in [0.5, 0.6) is 0 Å². The lowest BCUT2D eigenvalue weighted by Crippen LogP contribution is -2.69. The molecule has 0 radical (unpaired) electrons. The summed E-state index contributed by atoms with van der Waals surface area (Å²) in [5.41, 5.74) is 0.572. The van der Waals surface area contributed by atoms with Crippen LogP contribution in [0, 0.1) is 0 Å². The number of benzene rings is 1. The van der Waals surface area contributed by atoms with E-state index in [1.54, 1.807) is 30.3 Å². The first-order valence-corrected chi connectivity index (χ1v) is 13.1. The van der Waals surface area contributed by atoms with Crippen molar-refractivity contribution in [2.24, 2.45) is 0 Å². The molecule has 1 N–H and O–H groups in total. The van der Waals surface area contributed by atoms with E-state index in [0.717, 1.165) is 41.5 Å². The molecule has 15 heteroatoms. The normalized spacial score (nSPS) is 22.5. The summed E-state index contributed by atoms with van der Waals surface area (Å²) in [5.74, 6) is -8.94.